The second-order valence-electron chi connectivity index (χ2n) is 5.11. The Morgan fingerprint density at radius 1 is 1.14 bits per heavy atom. The van der Waals surface area contributed by atoms with Crippen LogP contribution in [0.3, 0.4) is 0 Å². The average molecular weight is 343 g/mol. The smallest absolute Gasteiger partial charge is 0.336 e. The number of fused-ring (bicyclic) bond motifs is 1. The Morgan fingerprint density at radius 2 is 1.86 bits per heavy atom. The Balaban J connectivity index is 2.01. The highest BCUT2D eigenvalue weighted by atomic mass is 35.5. The first-order valence-electron chi connectivity index (χ1n) is 7.26. The molecule has 0 unspecified atom stereocenters. The zero-order valence-electron chi connectivity index (χ0n) is 12.6. The summed E-state index contributed by atoms with van der Waals surface area (Å²) in [6, 6.07) is 7.32. The van der Waals surface area contributed by atoms with Crippen molar-refractivity contribution in [2.75, 3.05) is 43.3 Å². The first-order valence-corrected chi connectivity index (χ1v) is 8.33. The van der Waals surface area contributed by atoms with Crippen molar-refractivity contribution in [2.24, 2.45) is 0 Å². The summed E-state index contributed by atoms with van der Waals surface area (Å²) in [5.41, 5.74) is 2.14. The molecule has 0 amide bonds. The van der Waals surface area contributed by atoms with Crippen LogP contribution in [0.2, 0.25) is 0 Å². The molecule has 0 aliphatic rings. The van der Waals surface area contributed by atoms with Gasteiger partial charge in [-0.2, -0.15) is 0 Å². The van der Waals surface area contributed by atoms with E-state index < -0.39 is 0 Å². The Labute approximate surface area is 140 Å². The molecule has 6 heteroatoms. The minimum absolute atomic E-state index is 0.322. The van der Waals surface area contributed by atoms with E-state index in [1.54, 1.807) is 0 Å². The minimum Gasteiger partial charge on any atom is -0.423 e. The summed E-state index contributed by atoms with van der Waals surface area (Å²) in [5.74, 6) is 1.19. The highest BCUT2D eigenvalue weighted by Crippen LogP contribution is 2.20. The van der Waals surface area contributed by atoms with E-state index in [-0.39, 0.29) is 5.63 Å². The molecule has 0 aliphatic carbocycles. The third-order valence-corrected chi connectivity index (χ3v) is 3.85. The van der Waals surface area contributed by atoms with E-state index in [0.717, 1.165) is 42.8 Å². The quantitative estimate of drug-likeness (QED) is 0.590. The molecule has 0 aliphatic heterocycles. The van der Waals surface area contributed by atoms with Gasteiger partial charge in [0.15, 0.2) is 0 Å². The Bertz CT molecular complexity index is 667. The van der Waals surface area contributed by atoms with Crippen molar-refractivity contribution in [1.29, 1.82) is 0 Å². The van der Waals surface area contributed by atoms with Crippen LogP contribution in [0.1, 0.15) is 5.56 Å². The maximum atomic E-state index is 11.4. The molecular formula is C16H20Cl2N2O2. The maximum absolute atomic E-state index is 11.4. The van der Waals surface area contributed by atoms with Gasteiger partial charge in [-0.15, -0.1) is 23.2 Å². The van der Waals surface area contributed by atoms with Crippen molar-refractivity contribution in [1.82, 2.24) is 4.90 Å². The molecule has 2 rings (SSSR count). The van der Waals surface area contributed by atoms with E-state index in [1.165, 1.54) is 6.07 Å². The number of anilines is 1. The fourth-order valence-electron chi connectivity index (χ4n) is 2.37. The van der Waals surface area contributed by atoms with Gasteiger partial charge >= 0.3 is 5.63 Å². The number of hydrogen-bond acceptors (Lipinski definition) is 4. The molecule has 1 N–H and O–H groups in total. The van der Waals surface area contributed by atoms with Gasteiger partial charge in [0.1, 0.15) is 5.58 Å². The standard InChI is InChI=1S/C16H20Cl2N2O2/c1-12-10-16(21)22-15-11-13(2-3-14(12)15)19-6-9-20(7-4-17)8-5-18/h2-3,10-11,19H,4-9H2,1H3. The summed E-state index contributed by atoms with van der Waals surface area (Å²) in [4.78, 5) is 13.7. The predicted octanol–water partition coefficient (Wildman–Crippen LogP) is 3.29. The van der Waals surface area contributed by atoms with Crippen LogP contribution >= 0.6 is 23.2 Å². The molecule has 0 bridgehead atoms. The Hall–Kier alpha value is -1.23. The summed E-state index contributed by atoms with van der Waals surface area (Å²) in [7, 11) is 0. The van der Waals surface area contributed by atoms with Crippen molar-refractivity contribution >= 4 is 39.9 Å². The van der Waals surface area contributed by atoms with Gasteiger partial charge in [0, 0.05) is 61.1 Å². The number of rotatable bonds is 8. The number of benzene rings is 1. The van der Waals surface area contributed by atoms with Crippen LogP contribution in [-0.4, -0.2) is 42.8 Å². The normalized spacial score (nSPS) is 11.3. The summed E-state index contributed by atoms with van der Waals surface area (Å²) >= 11 is 11.6. The van der Waals surface area contributed by atoms with Crippen LogP contribution in [0.4, 0.5) is 5.69 Å². The molecular weight excluding hydrogens is 323 g/mol. The molecule has 120 valence electrons. The largest absolute Gasteiger partial charge is 0.423 e. The Morgan fingerprint density at radius 3 is 2.55 bits per heavy atom. The third-order valence-electron chi connectivity index (χ3n) is 3.51. The number of hydrogen-bond donors (Lipinski definition) is 1. The molecule has 4 nitrogen and oxygen atoms in total. The topological polar surface area (TPSA) is 45.5 Å². The van der Waals surface area contributed by atoms with E-state index in [0.29, 0.717) is 17.3 Å². The molecule has 1 aromatic carbocycles. The van der Waals surface area contributed by atoms with Crippen LogP contribution in [0, 0.1) is 6.92 Å². The number of aryl methyl sites for hydroxylation is 1. The number of alkyl halides is 2. The fraction of sp³-hybridized carbons (Fsp3) is 0.438. The van der Waals surface area contributed by atoms with Gasteiger partial charge in [0.2, 0.25) is 0 Å². The van der Waals surface area contributed by atoms with Gasteiger partial charge in [-0.05, 0) is 24.6 Å². The lowest BCUT2D eigenvalue weighted by Crippen LogP contribution is -2.32. The molecule has 22 heavy (non-hydrogen) atoms. The fourth-order valence-corrected chi connectivity index (χ4v) is 2.85. The van der Waals surface area contributed by atoms with E-state index in [2.05, 4.69) is 10.2 Å². The van der Waals surface area contributed by atoms with Crippen molar-refractivity contribution < 1.29 is 4.42 Å². The lowest BCUT2D eigenvalue weighted by Gasteiger charge is -2.20. The summed E-state index contributed by atoms with van der Waals surface area (Å²) in [5, 5.41) is 4.29. The summed E-state index contributed by atoms with van der Waals surface area (Å²) < 4.78 is 5.25. The average Bonchev–Trinajstić information content (AvgIpc) is 2.47. The van der Waals surface area contributed by atoms with E-state index >= 15 is 0 Å². The molecule has 0 saturated heterocycles. The van der Waals surface area contributed by atoms with Crippen LogP contribution < -0.4 is 10.9 Å². The third kappa shape index (κ3) is 4.63. The molecule has 0 atom stereocenters. The second-order valence-corrected chi connectivity index (χ2v) is 5.86. The molecule has 2 aromatic rings. The summed E-state index contributed by atoms with van der Waals surface area (Å²) in [6.45, 7) is 5.18. The van der Waals surface area contributed by atoms with E-state index in [4.69, 9.17) is 27.6 Å². The molecule has 0 radical (unpaired) electrons. The first kappa shape index (κ1) is 17.1. The van der Waals surface area contributed by atoms with Crippen LogP contribution in [0.25, 0.3) is 11.0 Å². The zero-order valence-corrected chi connectivity index (χ0v) is 14.1. The van der Waals surface area contributed by atoms with Crippen molar-refractivity contribution in [3.63, 3.8) is 0 Å². The minimum atomic E-state index is -0.322. The lowest BCUT2D eigenvalue weighted by atomic mass is 10.1. The number of nitrogens with zero attached hydrogens (tertiary/aromatic N) is 1. The SMILES string of the molecule is Cc1cc(=O)oc2cc(NCCN(CCCl)CCCl)ccc12. The molecule has 0 spiro atoms. The van der Waals surface area contributed by atoms with Gasteiger partial charge in [-0.1, -0.05) is 0 Å². The first-order chi connectivity index (χ1) is 10.6. The molecule has 0 saturated carbocycles. The zero-order chi connectivity index (χ0) is 15.9. The number of halogens is 2. The van der Waals surface area contributed by atoms with Gasteiger partial charge in [-0.3, -0.25) is 4.90 Å². The second kappa shape index (κ2) is 8.42. The predicted molar refractivity (Wildman–Crippen MR) is 93.6 cm³/mol. The van der Waals surface area contributed by atoms with E-state index in [9.17, 15) is 4.79 Å². The molecule has 1 aromatic heterocycles. The van der Waals surface area contributed by atoms with Gasteiger partial charge in [0.25, 0.3) is 0 Å². The van der Waals surface area contributed by atoms with Gasteiger partial charge < -0.3 is 9.73 Å². The highest BCUT2D eigenvalue weighted by Gasteiger charge is 2.05. The highest BCUT2D eigenvalue weighted by molar-refractivity contribution is 6.18. The van der Waals surface area contributed by atoms with Gasteiger partial charge in [0.05, 0.1) is 0 Å². The van der Waals surface area contributed by atoms with E-state index in [1.807, 2.05) is 25.1 Å². The monoisotopic (exact) mass is 342 g/mol. The maximum Gasteiger partial charge on any atom is 0.336 e. The van der Waals surface area contributed by atoms with Crippen LogP contribution in [-0.2, 0) is 0 Å². The van der Waals surface area contributed by atoms with Crippen molar-refractivity contribution in [2.45, 2.75) is 6.92 Å². The van der Waals surface area contributed by atoms with Crippen molar-refractivity contribution in [3.05, 3.63) is 40.2 Å². The summed E-state index contributed by atoms with van der Waals surface area (Å²) in [6.07, 6.45) is 0. The van der Waals surface area contributed by atoms with Crippen molar-refractivity contribution in [3.8, 4) is 0 Å². The number of nitrogens with one attached hydrogen (secondary N) is 1. The Kier molecular flexibility index (Phi) is 6.55. The van der Waals surface area contributed by atoms with Gasteiger partial charge in [-0.25, -0.2) is 4.79 Å². The molecule has 1 heterocycles. The lowest BCUT2D eigenvalue weighted by molar-refractivity contribution is 0.319. The van der Waals surface area contributed by atoms with Crippen LogP contribution in [0.15, 0.2) is 33.5 Å². The molecule has 0 fully saturated rings. The van der Waals surface area contributed by atoms with Crippen LogP contribution in [0.5, 0.6) is 0 Å².